The van der Waals surface area contributed by atoms with Crippen molar-refractivity contribution in [2.75, 3.05) is 19.7 Å². The van der Waals surface area contributed by atoms with Gasteiger partial charge in [-0.3, -0.25) is 4.79 Å². The Morgan fingerprint density at radius 3 is 2.78 bits per heavy atom. The highest BCUT2D eigenvalue weighted by atomic mass is 16.5. The molecule has 2 N–H and O–H groups in total. The smallest absolute Gasteiger partial charge is 0.225 e. The van der Waals surface area contributed by atoms with E-state index in [1.54, 1.807) is 0 Å². The van der Waals surface area contributed by atoms with Crippen LogP contribution in [0.4, 0.5) is 0 Å². The molecule has 1 aliphatic rings. The molecule has 0 aromatic heterocycles. The molecule has 106 valence electrons. The molecule has 0 aromatic carbocycles. The van der Waals surface area contributed by atoms with Crippen LogP contribution in [0.15, 0.2) is 0 Å². The van der Waals surface area contributed by atoms with E-state index in [1.807, 2.05) is 18.7 Å². The van der Waals surface area contributed by atoms with E-state index in [-0.39, 0.29) is 24.0 Å². The van der Waals surface area contributed by atoms with Crippen LogP contribution in [-0.2, 0) is 9.53 Å². The Labute approximate surface area is 111 Å². The van der Waals surface area contributed by atoms with Crippen LogP contribution in [0.5, 0.6) is 0 Å². The van der Waals surface area contributed by atoms with Crippen molar-refractivity contribution in [2.24, 2.45) is 11.7 Å². The molecule has 3 unspecified atom stereocenters. The van der Waals surface area contributed by atoms with Gasteiger partial charge in [0.2, 0.25) is 5.91 Å². The predicted octanol–water partition coefficient (Wildman–Crippen LogP) is 1.78. The van der Waals surface area contributed by atoms with E-state index in [0.29, 0.717) is 6.61 Å². The lowest BCUT2D eigenvalue weighted by Crippen LogP contribution is -2.47. The highest BCUT2D eigenvalue weighted by molar-refractivity contribution is 5.78. The van der Waals surface area contributed by atoms with Gasteiger partial charge in [0.25, 0.3) is 0 Å². The zero-order valence-electron chi connectivity index (χ0n) is 12.0. The summed E-state index contributed by atoms with van der Waals surface area (Å²) in [6, 6.07) is 0.236. The second-order valence-electron chi connectivity index (χ2n) is 5.49. The molecule has 1 rings (SSSR count). The molecule has 1 heterocycles. The Morgan fingerprint density at radius 1 is 1.44 bits per heavy atom. The topological polar surface area (TPSA) is 55.6 Å². The van der Waals surface area contributed by atoms with E-state index in [2.05, 4.69) is 6.92 Å². The molecular weight excluding hydrogens is 228 g/mol. The van der Waals surface area contributed by atoms with E-state index in [0.717, 1.165) is 38.8 Å². The van der Waals surface area contributed by atoms with Crippen molar-refractivity contribution in [2.45, 2.75) is 58.6 Å². The first-order chi connectivity index (χ1) is 8.54. The number of carbonyl (C=O) groups excluding carboxylic acids is 1. The Kier molecular flexibility index (Phi) is 6.65. The number of nitrogens with two attached hydrogens (primary N) is 1. The fourth-order valence-electron chi connectivity index (χ4n) is 2.35. The molecule has 3 atom stereocenters. The van der Waals surface area contributed by atoms with Gasteiger partial charge in [-0.1, -0.05) is 20.3 Å². The number of morpholine rings is 1. The molecule has 18 heavy (non-hydrogen) atoms. The minimum Gasteiger partial charge on any atom is -0.375 e. The number of nitrogens with zero attached hydrogens (tertiary/aromatic N) is 1. The maximum Gasteiger partial charge on any atom is 0.225 e. The van der Waals surface area contributed by atoms with Crippen molar-refractivity contribution in [3.8, 4) is 0 Å². The lowest BCUT2D eigenvalue weighted by atomic mass is 10.00. The monoisotopic (exact) mass is 256 g/mol. The molecule has 1 fully saturated rings. The zero-order valence-corrected chi connectivity index (χ0v) is 12.0. The molecule has 0 radical (unpaired) electrons. The van der Waals surface area contributed by atoms with Gasteiger partial charge in [-0.05, 0) is 26.2 Å². The molecule has 1 saturated heterocycles. The summed E-state index contributed by atoms with van der Waals surface area (Å²) in [5.41, 5.74) is 5.72. The lowest BCUT2D eigenvalue weighted by molar-refractivity contribution is -0.142. The molecular formula is C14H28N2O2. The van der Waals surface area contributed by atoms with Gasteiger partial charge < -0.3 is 15.4 Å². The lowest BCUT2D eigenvalue weighted by Gasteiger charge is -2.34. The van der Waals surface area contributed by atoms with Crippen molar-refractivity contribution in [3.63, 3.8) is 0 Å². The third-order valence-electron chi connectivity index (χ3n) is 3.62. The van der Waals surface area contributed by atoms with Gasteiger partial charge in [0.15, 0.2) is 0 Å². The molecule has 0 aromatic rings. The van der Waals surface area contributed by atoms with Crippen molar-refractivity contribution in [3.05, 3.63) is 0 Å². The van der Waals surface area contributed by atoms with Crippen LogP contribution in [0.2, 0.25) is 0 Å². The number of rotatable bonds is 6. The minimum atomic E-state index is 0.111. The normalized spacial score (nSPS) is 23.8. The number of hydrogen-bond acceptors (Lipinski definition) is 3. The second kappa shape index (κ2) is 7.74. The summed E-state index contributed by atoms with van der Waals surface area (Å²) in [4.78, 5) is 14.2. The Hall–Kier alpha value is -0.610. The average Bonchev–Trinajstić information content (AvgIpc) is 2.37. The van der Waals surface area contributed by atoms with Crippen LogP contribution >= 0.6 is 0 Å². The molecule has 4 nitrogen and oxygen atoms in total. The van der Waals surface area contributed by atoms with Gasteiger partial charge in [0, 0.05) is 25.0 Å². The van der Waals surface area contributed by atoms with E-state index in [1.165, 1.54) is 0 Å². The van der Waals surface area contributed by atoms with Gasteiger partial charge >= 0.3 is 0 Å². The Morgan fingerprint density at radius 2 is 2.17 bits per heavy atom. The Balaban J connectivity index is 2.33. The van der Waals surface area contributed by atoms with E-state index in [4.69, 9.17) is 10.5 Å². The van der Waals surface area contributed by atoms with Crippen LogP contribution in [0.1, 0.15) is 46.5 Å². The first-order valence-electron chi connectivity index (χ1n) is 7.20. The summed E-state index contributed by atoms with van der Waals surface area (Å²) in [6.45, 7) is 8.32. The highest BCUT2D eigenvalue weighted by Crippen LogP contribution is 2.16. The standard InChI is InChI=1S/C14H28N2O2/c1-4-13-10-16(8-9-18-13)14(17)11(2)6-5-7-12(3)15/h11-13H,4-10,15H2,1-3H3. The van der Waals surface area contributed by atoms with Gasteiger partial charge in [0.1, 0.15) is 0 Å². The fraction of sp³-hybridized carbons (Fsp3) is 0.929. The summed E-state index contributed by atoms with van der Waals surface area (Å²) < 4.78 is 5.59. The maximum absolute atomic E-state index is 12.3. The average molecular weight is 256 g/mol. The summed E-state index contributed by atoms with van der Waals surface area (Å²) in [5.74, 6) is 0.390. The maximum atomic E-state index is 12.3. The van der Waals surface area contributed by atoms with Crippen LogP contribution in [0.3, 0.4) is 0 Å². The minimum absolute atomic E-state index is 0.111. The van der Waals surface area contributed by atoms with Gasteiger partial charge in [-0.15, -0.1) is 0 Å². The quantitative estimate of drug-likeness (QED) is 0.788. The highest BCUT2D eigenvalue weighted by Gasteiger charge is 2.26. The fourth-order valence-corrected chi connectivity index (χ4v) is 2.35. The molecule has 0 bridgehead atoms. The third-order valence-corrected chi connectivity index (χ3v) is 3.62. The summed E-state index contributed by atoms with van der Waals surface area (Å²) in [7, 11) is 0. The number of hydrogen-bond donors (Lipinski definition) is 1. The van der Waals surface area contributed by atoms with Gasteiger partial charge in [0.05, 0.1) is 12.7 Å². The van der Waals surface area contributed by atoms with Crippen molar-refractivity contribution in [1.82, 2.24) is 4.90 Å². The molecule has 1 amide bonds. The van der Waals surface area contributed by atoms with E-state index < -0.39 is 0 Å². The van der Waals surface area contributed by atoms with Crippen LogP contribution < -0.4 is 5.73 Å². The zero-order chi connectivity index (χ0) is 13.5. The van der Waals surface area contributed by atoms with E-state index >= 15 is 0 Å². The SMILES string of the molecule is CCC1CN(C(=O)C(C)CCCC(C)N)CCO1. The van der Waals surface area contributed by atoms with Crippen LogP contribution in [-0.4, -0.2) is 42.6 Å². The van der Waals surface area contributed by atoms with Crippen molar-refractivity contribution in [1.29, 1.82) is 0 Å². The third kappa shape index (κ3) is 4.94. The molecule has 0 aliphatic carbocycles. The molecule has 0 saturated carbocycles. The van der Waals surface area contributed by atoms with E-state index in [9.17, 15) is 4.79 Å². The number of carbonyl (C=O) groups is 1. The summed E-state index contributed by atoms with van der Waals surface area (Å²) in [6.07, 6.45) is 4.17. The molecule has 4 heteroatoms. The second-order valence-corrected chi connectivity index (χ2v) is 5.49. The Bertz CT molecular complexity index is 256. The summed E-state index contributed by atoms with van der Waals surface area (Å²) >= 11 is 0. The largest absolute Gasteiger partial charge is 0.375 e. The predicted molar refractivity (Wildman–Crippen MR) is 73.3 cm³/mol. The summed E-state index contributed by atoms with van der Waals surface area (Å²) in [5, 5.41) is 0. The first kappa shape index (κ1) is 15.4. The first-order valence-corrected chi connectivity index (χ1v) is 7.20. The van der Waals surface area contributed by atoms with Crippen molar-refractivity contribution < 1.29 is 9.53 Å². The molecule has 0 spiro atoms. The van der Waals surface area contributed by atoms with Gasteiger partial charge in [-0.25, -0.2) is 0 Å². The number of amides is 1. The van der Waals surface area contributed by atoms with Crippen molar-refractivity contribution >= 4 is 5.91 Å². The van der Waals surface area contributed by atoms with Crippen LogP contribution in [0, 0.1) is 5.92 Å². The molecule has 1 aliphatic heterocycles. The van der Waals surface area contributed by atoms with Gasteiger partial charge in [-0.2, -0.15) is 0 Å². The number of ether oxygens (including phenoxy) is 1. The van der Waals surface area contributed by atoms with Crippen LogP contribution in [0.25, 0.3) is 0 Å².